The predicted octanol–water partition coefficient (Wildman–Crippen LogP) is 5.19. The molecule has 3 aromatic rings. The van der Waals surface area contributed by atoms with E-state index < -0.39 is 0 Å². The number of aromatic nitrogens is 2. The summed E-state index contributed by atoms with van der Waals surface area (Å²) in [6, 6.07) is 14.5. The number of nitrogens with one attached hydrogen (secondary N) is 2. The zero-order valence-electron chi connectivity index (χ0n) is 15.4. The summed E-state index contributed by atoms with van der Waals surface area (Å²) in [5, 5.41) is 10.9. The molecular formula is C20H21N5OW. The van der Waals surface area contributed by atoms with Gasteiger partial charge in [-0.15, -0.1) is 5.56 Å². The van der Waals surface area contributed by atoms with Gasteiger partial charge in [0.2, 0.25) is 0 Å². The summed E-state index contributed by atoms with van der Waals surface area (Å²) >= 11 is 0. The average molecular weight is 531 g/mol. The Morgan fingerprint density at radius 3 is 2.59 bits per heavy atom. The number of pyridine rings is 2. The summed E-state index contributed by atoms with van der Waals surface area (Å²) < 4.78 is 5.93. The molecule has 0 saturated carbocycles. The third-order valence-corrected chi connectivity index (χ3v) is 3.71. The molecule has 0 bridgehead atoms. The van der Waals surface area contributed by atoms with Gasteiger partial charge in [0.15, 0.2) is 0 Å². The van der Waals surface area contributed by atoms with Crippen molar-refractivity contribution in [3.63, 3.8) is 0 Å². The van der Waals surface area contributed by atoms with E-state index in [4.69, 9.17) is 10.1 Å². The van der Waals surface area contributed by atoms with E-state index in [-0.39, 0.29) is 27.2 Å². The Labute approximate surface area is 173 Å². The van der Waals surface area contributed by atoms with Gasteiger partial charge in [0.25, 0.3) is 0 Å². The number of benzene rings is 1. The normalized spacial score (nSPS) is 9.59. The van der Waals surface area contributed by atoms with Gasteiger partial charge in [-0.2, -0.15) is 29.8 Å². The predicted molar refractivity (Wildman–Crippen MR) is 105 cm³/mol. The van der Waals surface area contributed by atoms with E-state index in [1.807, 2.05) is 37.3 Å². The van der Waals surface area contributed by atoms with Crippen LogP contribution in [0.2, 0.25) is 0 Å². The molecule has 0 fully saturated rings. The Morgan fingerprint density at radius 2 is 1.93 bits per heavy atom. The molecular weight excluding hydrogens is 510 g/mol. The van der Waals surface area contributed by atoms with Crippen LogP contribution in [0.25, 0.3) is 17.4 Å². The van der Waals surface area contributed by atoms with Crippen molar-refractivity contribution >= 4 is 11.5 Å². The van der Waals surface area contributed by atoms with E-state index in [0.717, 1.165) is 16.8 Å². The van der Waals surface area contributed by atoms with Crippen LogP contribution >= 0.6 is 0 Å². The van der Waals surface area contributed by atoms with Crippen LogP contribution in [0.5, 0.6) is 11.5 Å². The van der Waals surface area contributed by atoms with Crippen molar-refractivity contribution < 1.29 is 25.8 Å². The zero-order valence-corrected chi connectivity index (χ0v) is 18.3. The Hall–Kier alpha value is -2.56. The first kappa shape index (κ1) is 22.5. The van der Waals surface area contributed by atoms with E-state index in [1.54, 1.807) is 32.4 Å². The van der Waals surface area contributed by atoms with Gasteiger partial charge in [-0.1, -0.05) is 6.92 Å². The van der Waals surface area contributed by atoms with E-state index in [0.29, 0.717) is 28.6 Å². The van der Waals surface area contributed by atoms with E-state index in [1.165, 1.54) is 0 Å². The van der Waals surface area contributed by atoms with Crippen LogP contribution in [0, 0.1) is 18.4 Å². The van der Waals surface area contributed by atoms with Gasteiger partial charge in [0.05, 0.1) is 6.20 Å². The Morgan fingerprint density at radius 1 is 1.15 bits per heavy atom. The quantitative estimate of drug-likeness (QED) is 0.350. The number of aryl methyl sites for hydroxylation is 1. The maximum Gasteiger partial charge on any atom is 2.00 e. The molecule has 0 saturated heterocycles. The summed E-state index contributed by atoms with van der Waals surface area (Å²) in [6.07, 6.45) is 3.36. The topological polar surface area (TPSA) is 104 Å². The summed E-state index contributed by atoms with van der Waals surface area (Å²) in [4.78, 5) is 8.72. The van der Waals surface area contributed by atoms with Gasteiger partial charge in [0, 0.05) is 36.3 Å². The van der Waals surface area contributed by atoms with Crippen molar-refractivity contribution in [3.05, 3.63) is 72.1 Å². The van der Waals surface area contributed by atoms with Gasteiger partial charge < -0.3 is 21.6 Å². The van der Waals surface area contributed by atoms with Crippen molar-refractivity contribution in [2.75, 3.05) is 12.4 Å². The fourth-order valence-corrected chi connectivity index (χ4v) is 2.50. The number of rotatable bonds is 5. The van der Waals surface area contributed by atoms with E-state index >= 15 is 0 Å². The van der Waals surface area contributed by atoms with E-state index in [9.17, 15) is 0 Å². The molecule has 138 valence electrons. The number of nitrogens with zero attached hydrogens (tertiary/aromatic N) is 2. The van der Waals surface area contributed by atoms with Gasteiger partial charge in [-0.3, -0.25) is 4.98 Å². The van der Waals surface area contributed by atoms with Crippen molar-refractivity contribution in [2.24, 2.45) is 0 Å². The molecule has 0 aliphatic heterocycles. The number of anilines is 1. The standard InChI is InChI=1S/C20H19N4O.H2N.W/c1-13-5-4-6-15(9-13)19-11-16(7-8-23-19)25-17-10-18(14(2)21)20(22-3)24-12-17;;/h4,6-12,21H,1-3H3,(H,22,24);1H2;/q2*-1;+2. The molecule has 27 heavy (non-hydrogen) atoms. The summed E-state index contributed by atoms with van der Waals surface area (Å²) in [5.41, 5.74) is 4.04. The Bertz CT molecular complexity index is 930. The van der Waals surface area contributed by atoms with Gasteiger partial charge in [-0.25, -0.2) is 4.98 Å². The first-order valence-corrected chi connectivity index (χ1v) is 7.93. The molecule has 2 heterocycles. The van der Waals surface area contributed by atoms with Crippen LogP contribution in [-0.2, 0) is 21.1 Å². The van der Waals surface area contributed by atoms with E-state index in [2.05, 4.69) is 21.4 Å². The van der Waals surface area contributed by atoms with Gasteiger partial charge >= 0.3 is 21.1 Å². The van der Waals surface area contributed by atoms with Crippen LogP contribution in [-0.4, -0.2) is 22.7 Å². The van der Waals surface area contributed by atoms with Crippen LogP contribution in [0.4, 0.5) is 5.82 Å². The van der Waals surface area contributed by atoms with Crippen molar-refractivity contribution in [3.8, 4) is 22.8 Å². The second-order valence-electron chi connectivity index (χ2n) is 5.68. The maximum atomic E-state index is 7.87. The summed E-state index contributed by atoms with van der Waals surface area (Å²) in [5.74, 6) is 1.91. The second kappa shape index (κ2) is 9.95. The largest absolute Gasteiger partial charge is 2.00 e. The van der Waals surface area contributed by atoms with Gasteiger partial charge in [-0.05, 0) is 19.1 Å². The fourth-order valence-electron chi connectivity index (χ4n) is 2.50. The maximum absolute atomic E-state index is 7.87. The van der Waals surface area contributed by atoms with Crippen molar-refractivity contribution in [1.82, 2.24) is 9.97 Å². The molecule has 0 atom stereocenters. The molecule has 4 N–H and O–H groups in total. The van der Waals surface area contributed by atoms with Crippen molar-refractivity contribution in [1.29, 1.82) is 5.41 Å². The van der Waals surface area contributed by atoms with Crippen LogP contribution in [0.3, 0.4) is 0 Å². The Balaban J connectivity index is 0.00000182. The number of nitrogens with two attached hydrogens (primary N) is 1. The molecule has 7 heteroatoms. The molecule has 0 aliphatic rings. The monoisotopic (exact) mass is 531 g/mol. The smallest absolute Gasteiger partial charge is 0.693 e. The minimum atomic E-state index is 0. The van der Waals surface area contributed by atoms with Gasteiger partial charge in [0.1, 0.15) is 17.3 Å². The number of ether oxygens (including phenoxy) is 1. The first-order chi connectivity index (χ1) is 12.1. The van der Waals surface area contributed by atoms with Crippen molar-refractivity contribution in [2.45, 2.75) is 13.8 Å². The molecule has 1 aromatic carbocycles. The average Bonchev–Trinajstić information content (AvgIpc) is 2.62. The van der Waals surface area contributed by atoms with Crippen LogP contribution in [0.1, 0.15) is 18.1 Å². The second-order valence-corrected chi connectivity index (χ2v) is 5.68. The fraction of sp³-hybridized carbons (Fsp3) is 0.150. The van der Waals surface area contributed by atoms with Crippen LogP contribution < -0.4 is 10.1 Å². The first-order valence-electron chi connectivity index (χ1n) is 7.93. The molecule has 3 rings (SSSR count). The summed E-state index contributed by atoms with van der Waals surface area (Å²) in [7, 11) is 1.78. The summed E-state index contributed by atoms with van der Waals surface area (Å²) in [6.45, 7) is 3.72. The van der Waals surface area contributed by atoms with Crippen LogP contribution in [0.15, 0.2) is 48.8 Å². The molecule has 0 aliphatic carbocycles. The third-order valence-electron chi connectivity index (χ3n) is 3.71. The third kappa shape index (κ3) is 5.45. The number of hydrogen-bond donors (Lipinski definition) is 2. The Kier molecular flexibility index (Phi) is 8.28. The SMILES string of the molecule is CNc1ncc(Oc2ccnc(-c3cc[c-]c(C)c3)c2)cc1C(C)=N.[NH2-].[W+2]. The number of hydrogen-bond acceptors (Lipinski definition) is 5. The zero-order chi connectivity index (χ0) is 17.8. The molecule has 0 spiro atoms. The molecule has 0 amide bonds. The molecule has 2 aromatic heterocycles. The minimum Gasteiger partial charge on any atom is -0.693 e. The molecule has 0 radical (unpaired) electrons. The molecule has 6 nitrogen and oxygen atoms in total. The molecule has 0 unspecified atom stereocenters. The minimum absolute atomic E-state index is 0.